The van der Waals surface area contributed by atoms with Gasteiger partial charge in [-0.15, -0.1) is 0 Å². The van der Waals surface area contributed by atoms with Gasteiger partial charge in [0.05, 0.1) is 0 Å². The standard InChI is InChI=1S/C13H28N2/c1-13(2,3)10-12(14)7-9-15-8-6-11-4-5-11/h11-12,15H,4-10,14H2,1-3H3. The molecular formula is C13H28N2. The molecule has 2 nitrogen and oxygen atoms in total. The van der Waals surface area contributed by atoms with Crippen LogP contribution in [0.2, 0.25) is 0 Å². The topological polar surface area (TPSA) is 38.0 Å². The van der Waals surface area contributed by atoms with E-state index in [4.69, 9.17) is 5.73 Å². The molecule has 0 saturated heterocycles. The molecule has 0 spiro atoms. The maximum Gasteiger partial charge on any atom is 0.00558 e. The van der Waals surface area contributed by atoms with Crippen LogP contribution < -0.4 is 11.1 Å². The second-order valence-corrected chi connectivity index (χ2v) is 6.30. The van der Waals surface area contributed by atoms with Crippen LogP contribution in [-0.2, 0) is 0 Å². The highest BCUT2D eigenvalue weighted by atomic mass is 14.9. The van der Waals surface area contributed by atoms with Gasteiger partial charge >= 0.3 is 0 Å². The van der Waals surface area contributed by atoms with Gasteiger partial charge in [-0.05, 0) is 43.7 Å². The van der Waals surface area contributed by atoms with Crippen molar-refractivity contribution < 1.29 is 0 Å². The Balaban J connectivity index is 1.89. The second kappa shape index (κ2) is 5.86. The summed E-state index contributed by atoms with van der Waals surface area (Å²) in [7, 11) is 0. The van der Waals surface area contributed by atoms with Gasteiger partial charge in [-0.2, -0.15) is 0 Å². The minimum absolute atomic E-state index is 0.360. The molecule has 1 fully saturated rings. The van der Waals surface area contributed by atoms with Gasteiger partial charge in [-0.3, -0.25) is 0 Å². The summed E-state index contributed by atoms with van der Waals surface area (Å²) in [6.07, 6.45) is 6.53. The summed E-state index contributed by atoms with van der Waals surface area (Å²) in [4.78, 5) is 0. The van der Waals surface area contributed by atoms with Crippen LogP contribution in [0, 0.1) is 11.3 Å². The molecule has 0 bridgehead atoms. The molecule has 90 valence electrons. The third-order valence-electron chi connectivity index (χ3n) is 2.99. The molecule has 1 saturated carbocycles. The zero-order valence-corrected chi connectivity index (χ0v) is 10.7. The van der Waals surface area contributed by atoms with E-state index in [9.17, 15) is 0 Å². The molecule has 1 unspecified atom stereocenters. The average molecular weight is 212 g/mol. The lowest BCUT2D eigenvalue weighted by Crippen LogP contribution is -2.30. The molecule has 2 heteroatoms. The predicted octanol–water partition coefficient (Wildman–Crippen LogP) is 2.53. The molecule has 1 aliphatic rings. The lowest BCUT2D eigenvalue weighted by molar-refractivity contribution is 0.329. The van der Waals surface area contributed by atoms with E-state index in [0.29, 0.717) is 11.5 Å². The molecule has 0 radical (unpaired) electrons. The van der Waals surface area contributed by atoms with Crippen molar-refractivity contribution in [2.24, 2.45) is 17.1 Å². The summed E-state index contributed by atoms with van der Waals surface area (Å²) in [6.45, 7) is 9.05. The van der Waals surface area contributed by atoms with Gasteiger partial charge < -0.3 is 11.1 Å². The Bertz CT molecular complexity index is 168. The first-order valence-corrected chi connectivity index (χ1v) is 6.44. The van der Waals surface area contributed by atoms with E-state index in [1.54, 1.807) is 0 Å². The Hall–Kier alpha value is -0.0800. The van der Waals surface area contributed by atoms with E-state index in [1.807, 2.05) is 0 Å². The van der Waals surface area contributed by atoms with Crippen molar-refractivity contribution in [2.45, 2.75) is 58.9 Å². The number of rotatable bonds is 7. The number of hydrogen-bond acceptors (Lipinski definition) is 2. The van der Waals surface area contributed by atoms with Crippen molar-refractivity contribution in [2.75, 3.05) is 13.1 Å². The monoisotopic (exact) mass is 212 g/mol. The maximum atomic E-state index is 6.07. The fourth-order valence-electron chi connectivity index (χ4n) is 2.01. The van der Waals surface area contributed by atoms with Crippen molar-refractivity contribution in [3.8, 4) is 0 Å². The molecule has 0 aliphatic heterocycles. The highest BCUT2D eigenvalue weighted by molar-refractivity contribution is 4.75. The van der Waals surface area contributed by atoms with E-state index >= 15 is 0 Å². The van der Waals surface area contributed by atoms with Gasteiger partial charge in [0.2, 0.25) is 0 Å². The first kappa shape index (κ1) is 13.0. The maximum absolute atomic E-state index is 6.07. The smallest absolute Gasteiger partial charge is 0.00558 e. The van der Waals surface area contributed by atoms with Crippen molar-refractivity contribution in [1.29, 1.82) is 0 Å². The van der Waals surface area contributed by atoms with Crippen molar-refractivity contribution in [1.82, 2.24) is 5.32 Å². The Kier molecular flexibility index (Phi) is 5.07. The molecule has 15 heavy (non-hydrogen) atoms. The van der Waals surface area contributed by atoms with Crippen LogP contribution in [0.4, 0.5) is 0 Å². The summed E-state index contributed by atoms with van der Waals surface area (Å²) in [5.74, 6) is 1.04. The Labute approximate surface area is 95.0 Å². The van der Waals surface area contributed by atoms with Gasteiger partial charge in [0.15, 0.2) is 0 Å². The van der Waals surface area contributed by atoms with Gasteiger partial charge in [0.25, 0.3) is 0 Å². The third kappa shape index (κ3) is 7.80. The minimum atomic E-state index is 0.360. The highest BCUT2D eigenvalue weighted by Crippen LogP contribution is 2.31. The highest BCUT2D eigenvalue weighted by Gasteiger charge is 2.20. The predicted molar refractivity (Wildman–Crippen MR) is 66.9 cm³/mol. The molecule has 1 aliphatic carbocycles. The molecule has 3 N–H and O–H groups in total. The van der Waals surface area contributed by atoms with Gasteiger partial charge in [0.1, 0.15) is 0 Å². The summed E-state index contributed by atoms with van der Waals surface area (Å²) in [5.41, 5.74) is 6.44. The lowest BCUT2D eigenvalue weighted by atomic mass is 9.87. The van der Waals surface area contributed by atoms with Gasteiger partial charge in [-0.1, -0.05) is 33.6 Å². The molecule has 0 heterocycles. The summed E-state index contributed by atoms with van der Waals surface area (Å²) in [5, 5.41) is 3.49. The molecule has 0 aromatic carbocycles. The Morgan fingerprint density at radius 2 is 1.93 bits per heavy atom. The minimum Gasteiger partial charge on any atom is -0.328 e. The summed E-state index contributed by atoms with van der Waals surface area (Å²) < 4.78 is 0. The Morgan fingerprint density at radius 1 is 1.27 bits per heavy atom. The third-order valence-corrected chi connectivity index (χ3v) is 2.99. The number of nitrogens with two attached hydrogens (primary N) is 1. The van der Waals surface area contributed by atoms with Crippen LogP contribution in [0.25, 0.3) is 0 Å². The molecule has 1 atom stereocenters. The fourth-order valence-corrected chi connectivity index (χ4v) is 2.01. The van der Waals surface area contributed by atoms with Crippen molar-refractivity contribution in [3.63, 3.8) is 0 Å². The summed E-state index contributed by atoms with van der Waals surface area (Å²) >= 11 is 0. The van der Waals surface area contributed by atoms with E-state index < -0.39 is 0 Å². The van der Waals surface area contributed by atoms with Crippen molar-refractivity contribution >= 4 is 0 Å². The zero-order valence-electron chi connectivity index (χ0n) is 10.7. The normalized spacial score (nSPS) is 19.2. The molecule has 1 rings (SSSR count). The van der Waals surface area contributed by atoms with Crippen LogP contribution in [0.5, 0.6) is 0 Å². The fraction of sp³-hybridized carbons (Fsp3) is 1.00. The van der Waals surface area contributed by atoms with E-state index in [-0.39, 0.29) is 0 Å². The largest absolute Gasteiger partial charge is 0.328 e. The summed E-state index contributed by atoms with van der Waals surface area (Å²) in [6, 6.07) is 0.360. The van der Waals surface area contributed by atoms with Crippen LogP contribution in [0.15, 0.2) is 0 Å². The molecular weight excluding hydrogens is 184 g/mol. The van der Waals surface area contributed by atoms with Crippen LogP contribution in [0.1, 0.15) is 52.9 Å². The van der Waals surface area contributed by atoms with Crippen molar-refractivity contribution in [3.05, 3.63) is 0 Å². The first-order valence-electron chi connectivity index (χ1n) is 6.44. The first-order chi connectivity index (χ1) is 6.97. The number of hydrogen-bond donors (Lipinski definition) is 2. The lowest BCUT2D eigenvalue weighted by Gasteiger charge is -2.23. The quantitative estimate of drug-likeness (QED) is 0.636. The molecule has 0 aromatic heterocycles. The Morgan fingerprint density at radius 3 is 2.47 bits per heavy atom. The van der Waals surface area contributed by atoms with Crippen LogP contribution >= 0.6 is 0 Å². The van der Waals surface area contributed by atoms with Gasteiger partial charge in [0, 0.05) is 6.04 Å². The number of nitrogens with one attached hydrogen (secondary N) is 1. The SMILES string of the molecule is CC(C)(C)CC(N)CCNCCC1CC1. The van der Waals surface area contributed by atoms with Crippen LogP contribution in [0.3, 0.4) is 0 Å². The van der Waals surface area contributed by atoms with E-state index in [0.717, 1.165) is 25.3 Å². The molecule has 0 aromatic rings. The van der Waals surface area contributed by atoms with Crippen LogP contribution in [-0.4, -0.2) is 19.1 Å². The van der Waals surface area contributed by atoms with Gasteiger partial charge in [-0.25, -0.2) is 0 Å². The second-order valence-electron chi connectivity index (χ2n) is 6.30. The zero-order chi connectivity index (χ0) is 11.3. The average Bonchev–Trinajstić information content (AvgIpc) is 2.83. The molecule has 0 amide bonds. The van der Waals surface area contributed by atoms with E-state index in [1.165, 1.54) is 25.8 Å². The van der Waals surface area contributed by atoms with E-state index in [2.05, 4.69) is 26.1 Å².